The average molecular weight is 234 g/mol. The molecule has 0 fully saturated rings. The molecule has 0 aromatic carbocycles. The number of hydrogen-bond donors (Lipinski definition) is 0. The largest absolute Gasteiger partial charge is 0.558 e. The Kier molecular flexibility index (Phi) is 6.22. The minimum atomic E-state index is -1.14. The molecule has 0 aliphatic rings. The van der Waals surface area contributed by atoms with Crippen molar-refractivity contribution >= 4 is 16.5 Å². The van der Waals surface area contributed by atoms with Crippen molar-refractivity contribution in [3.8, 4) is 0 Å². The molecule has 0 saturated heterocycles. The molecule has 0 aromatic rings. The molecule has 0 spiro atoms. The van der Waals surface area contributed by atoms with E-state index in [4.69, 9.17) is 18.6 Å². The van der Waals surface area contributed by atoms with Crippen LogP contribution >= 0.6 is 0 Å². The molecular weight excluding hydrogens is 216 g/mol. The summed E-state index contributed by atoms with van der Waals surface area (Å²) in [6.45, 7) is 3.64. The lowest BCUT2D eigenvalue weighted by Crippen LogP contribution is -2.36. The summed E-state index contributed by atoms with van der Waals surface area (Å²) < 4.78 is 20.0. The maximum absolute atomic E-state index is 11.6. The first-order valence-electron chi connectivity index (χ1n) is 4.56. The molecule has 0 saturated carbocycles. The number of hydrogen-bond acceptors (Lipinski definition) is 5. The van der Waals surface area contributed by atoms with Crippen molar-refractivity contribution in [1.82, 2.24) is 0 Å². The first-order chi connectivity index (χ1) is 7.05. The summed E-state index contributed by atoms with van der Waals surface area (Å²) in [6, 6.07) is 0. The quantitative estimate of drug-likeness (QED) is 0.208. The maximum Gasteiger partial charge on any atom is 0.342 e. The summed E-state index contributed by atoms with van der Waals surface area (Å²) in [5.41, 5.74) is 0.212. The van der Waals surface area contributed by atoms with Crippen molar-refractivity contribution in [2.75, 3.05) is 20.8 Å². The summed E-state index contributed by atoms with van der Waals surface area (Å²) in [4.78, 5) is 11.6. The SMILES string of the molecule is CCOC(=O)C(=CO[SiH3])C(C)(OC)OC. The first-order valence-corrected chi connectivity index (χ1v) is 5.38. The predicted molar refractivity (Wildman–Crippen MR) is 58.2 cm³/mol. The summed E-state index contributed by atoms with van der Waals surface area (Å²) in [5.74, 6) is -1.64. The Balaban J connectivity index is 4.96. The summed E-state index contributed by atoms with van der Waals surface area (Å²) in [6.07, 6.45) is 1.32. The second-order valence-electron chi connectivity index (χ2n) is 2.84. The number of ether oxygens (including phenoxy) is 3. The van der Waals surface area contributed by atoms with E-state index in [1.54, 1.807) is 13.8 Å². The minimum Gasteiger partial charge on any atom is -0.558 e. The molecule has 0 unspecified atom stereocenters. The number of rotatable bonds is 6. The molecular formula is C9H18O5Si. The fourth-order valence-electron chi connectivity index (χ4n) is 0.970. The van der Waals surface area contributed by atoms with E-state index in [1.807, 2.05) is 0 Å². The van der Waals surface area contributed by atoms with Gasteiger partial charge in [0.25, 0.3) is 0 Å². The Labute approximate surface area is 92.9 Å². The van der Waals surface area contributed by atoms with Gasteiger partial charge in [-0.3, -0.25) is 0 Å². The molecule has 0 rings (SSSR count). The number of esters is 1. The molecule has 0 aromatic heterocycles. The zero-order chi connectivity index (χ0) is 11.9. The van der Waals surface area contributed by atoms with Crippen LogP contribution in [0.15, 0.2) is 11.8 Å². The summed E-state index contributed by atoms with van der Waals surface area (Å²) in [5, 5.41) is 0. The molecule has 0 amide bonds. The van der Waals surface area contributed by atoms with Crippen LogP contribution in [0.3, 0.4) is 0 Å². The standard InChI is InChI=1S/C9H18O5Si/c1-5-13-8(10)7(6-14-15)9(2,11-3)12-4/h6H,5H2,1-4,15H3. The molecule has 0 radical (unpaired) electrons. The molecule has 0 N–H and O–H groups in total. The highest BCUT2D eigenvalue weighted by atomic mass is 28.2. The lowest BCUT2D eigenvalue weighted by atomic mass is 10.1. The van der Waals surface area contributed by atoms with Gasteiger partial charge in [0.1, 0.15) is 5.57 Å². The normalized spacial score (nSPS) is 12.7. The highest BCUT2D eigenvalue weighted by Crippen LogP contribution is 2.22. The molecule has 0 bridgehead atoms. The summed E-state index contributed by atoms with van der Waals surface area (Å²) >= 11 is 0. The Morgan fingerprint density at radius 2 is 1.93 bits per heavy atom. The number of carbonyl (C=O) groups excluding carboxylic acids is 1. The van der Waals surface area contributed by atoms with Crippen LogP contribution in [0.1, 0.15) is 13.8 Å². The zero-order valence-electron chi connectivity index (χ0n) is 9.83. The van der Waals surface area contributed by atoms with Crippen molar-refractivity contribution in [1.29, 1.82) is 0 Å². The van der Waals surface area contributed by atoms with Gasteiger partial charge >= 0.3 is 5.97 Å². The van der Waals surface area contributed by atoms with Gasteiger partial charge in [-0.05, 0) is 13.8 Å². The van der Waals surface area contributed by atoms with Crippen molar-refractivity contribution in [3.63, 3.8) is 0 Å². The van der Waals surface area contributed by atoms with E-state index in [1.165, 1.54) is 20.5 Å². The van der Waals surface area contributed by atoms with Gasteiger partial charge in [-0.15, -0.1) is 0 Å². The fourth-order valence-corrected chi connectivity index (χ4v) is 1.21. The monoisotopic (exact) mass is 234 g/mol. The Morgan fingerprint density at radius 3 is 2.27 bits per heavy atom. The molecule has 6 heteroatoms. The molecule has 0 aliphatic heterocycles. The second-order valence-corrected chi connectivity index (χ2v) is 3.31. The molecule has 0 aliphatic carbocycles. The van der Waals surface area contributed by atoms with Crippen LogP contribution in [0.4, 0.5) is 0 Å². The smallest absolute Gasteiger partial charge is 0.342 e. The van der Waals surface area contributed by atoms with E-state index in [0.29, 0.717) is 17.1 Å². The number of carbonyl (C=O) groups is 1. The van der Waals surface area contributed by atoms with Crippen LogP contribution < -0.4 is 0 Å². The van der Waals surface area contributed by atoms with Crippen molar-refractivity contribution in [3.05, 3.63) is 11.8 Å². The lowest BCUT2D eigenvalue weighted by Gasteiger charge is -2.27. The highest BCUT2D eigenvalue weighted by Gasteiger charge is 2.35. The van der Waals surface area contributed by atoms with E-state index in [9.17, 15) is 4.79 Å². The minimum absolute atomic E-state index is 0.212. The van der Waals surface area contributed by atoms with Gasteiger partial charge in [0.2, 0.25) is 16.3 Å². The maximum atomic E-state index is 11.6. The predicted octanol–water partition coefficient (Wildman–Crippen LogP) is -0.261. The van der Waals surface area contributed by atoms with Gasteiger partial charge in [-0.1, -0.05) is 0 Å². The van der Waals surface area contributed by atoms with Gasteiger partial charge in [0.05, 0.1) is 12.9 Å². The van der Waals surface area contributed by atoms with Crippen molar-refractivity contribution in [2.24, 2.45) is 0 Å². The van der Waals surface area contributed by atoms with Crippen LogP contribution in [0.2, 0.25) is 0 Å². The Hall–Kier alpha value is -0.853. The average Bonchev–Trinajstić information content (AvgIpc) is 2.25. The van der Waals surface area contributed by atoms with E-state index < -0.39 is 11.8 Å². The van der Waals surface area contributed by atoms with Crippen LogP contribution in [-0.2, 0) is 23.4 Å². The van der Waals surface area contributed by atoms with Crippen LogP contribution in [0.5, 0.6) is 0 Å². The van der Waals surface area contributed by atoms with Gasteiger partial charge in [0.15, 0.2) is 0 Å². The molecule has 15 heavy (non-hydrogen) atoms. The van der Waals surface area contributed by atoms with Gasteiger partial charge in [-0.25, -0.2) is 4.79 Å². The summed E-state index contributed by atoms with van der Waals surface area (Å²) in [7, 11) is 3.38. The van der Waals surface area contributed by atoms with E-state index in [-0.39, 0.29) is 5.57 Å². The Bertz CT molecular complexity index is 235. The Morgan fingerprint density at radius 1 is 1.40 bits per heavy atom. The van der Waals surface area contributed by atoms with Gasteiger partial charge in [0, 0.05) is 14.2 Å². The third-order valence-electron chi connectivity index (χ3n) is 2.00. The van der Waals surface area contributed by atoms with E-state index in [2.05, 4.69) is 0 Å². The third-order valence-corrected chi connectivity index (χ3v) is 2.24. The van der Waals surface area contributed by atoms with E-state index >= 15 is 0 Å². The lowest BCUT2D eigenvalue weighted by molar-refractivity contribution is -0.177. The van der Waals surface area contributed by atoms with Crippen molar-refractivity contribution in [2.45, 2.75) is 19.6 Å². The molecule has 88 valence electrons. The molecule has 0 heterocycles. The highest BCUT2D eigenvalue weighted by molar-refractivity contribution is 5.99. The van der Waals surface area contributed by atoms with Gasteiger partial charge < -0.3 is 18.6 Å². The fraction of sp³-hybridized carbons (Fsp3) is 0.667. The molecule has 5 nitrogen and oxygen atoms in total. The van der Waals surface area contributed by atoms with Crippen molar-refractivity contribution < 1.29 is 23.4 Å². The topological polar surface area (TPSA) is 54.0 Å². The van der Waals surface area contributed by atoms with Gasteiger partial charge in [-0.2, -0.15) is 0 Å². The van der Waals surface area contributed by atoms with Crippen LogP contribution in [0.25, 0.3) is 0 Å². The second kappa shape index (κ2) is 6.60. The zero-order valence-corrected chi connectivity index (χ0v) is 11.8. The van der Waals surface area contributed by atoms with E-state index in [0.717, 1.165) is 0 Å². The molecule has 0 atom stereocenters. The third kappa shape index (κ3) is 3.65. The first kappa shape index (κ1) is 14.1. The van der Waals surface area contributed by atoms with Crippen LogP contribution in [0, 0.1) is 0 Å². The number of methoxy groups -OCH3 is 2. The van der Waals surface area contributed by atoms with Crippen LogP contribution in [-0.4, -0.2) is 43.1 Å².